The molecule has 1 aromatic rings. The van der Waals surface area contributed by atoms with Gasteiger partial charge in [-0.05, 0) is 44.5 Å². The van der Waals surface area contributed by atoms with Gasteiger partial charge < -0.3 is 10.1 Å². The van der Waals surface area contributed by atoms with Gasteiger partial charge in [0.1, 0.15) is 11.4 Å². The highest BCUT2D eigenvalue weighted by molar-refractivity contribution is 7.85. The first-order valence-corrected chi connectivity index (χ1v) is 8.85. The van der Waals surface area contributed by atoms with E-state index in [-0.39, 0.29) is 10.6 Å². The van der Waals surface area contributed by atoms with Gasteiger partial charge in [-0.3, -0.25) is 4.18 Å². The summed E-state index contributed by atoms with van der Waals surface area (Å²) in [6.07, 6.45) is 0.0794. The van der Waals surface area contributed by atoms with Crippen LogP contribution in [0, 0.1) is 5.82 Å². The molecule has 0 aromatic heterocycles. The molecule has 0 fully saturated rings. The lowest BCUT2D eigenvalue weighted by Crippen LogP contribution is -2.37. The highest BCUT2D eigenvalue weighted by Crippen LogP contribution is 2.21. The molecule has 23 heavy (non-hydrogen) atoms. The number of benzene rings is 1. The van der Waals surface area contributed by atoms with E-state index in [1.165, 1.54) is 6.07 Å². The summed E-state index contributed by atoms with van der Waals surface area (Å²) in [5, 5.41) is 2.55. The first kappa shape index (κ1) is 19.7. The van der Waals surface area contributed by atoms with Crippen LogP contribution in [0.3, 0.4) is 0 Å². The lowest BCUT2D eigenvalue weighted by atomic mass is 10.1. The molecule has 1 aromatic carbocycles. The van der Waals surface area contributed by atoms with E-state index in [0.29, 0.717) is 0 Å². The fourth-order valence-electron chi connectivity index (χ4n) is 1.64. The van der Waals surface area contributed by atoms with Crippen LogP contribution in [0.1, 0.15) is 32.4 Å². The molecular formula is C14H19ClFNO5S. The van der Waals surface area contributed by atoms with Crippen LogP contribution in [-0.4, -0.2) is 33.0 Å². The molecule has 9 heteroatoms. The maximum absolute atomic E-state index is 13.5. The molecule has 0 aliphatic carbocycles. The van der Waals surface area contributed by atoms with Gasteiger partial charge in [-0.25, -0.2) is 9.18 Å². The Morgan fingerprint density at radius 1 is 1.35 bits per heavy atom. The lowest BCUT2D eigenvalue weighted by molar-refractivity contribution is 0.0487. The number of hydrogen-bond acceptors (Lipinski definition) is 5. The van der Waals surface area contributed by atoms with Gasteiger partial charge in [0, 0.05) is 5.02 Å². The summed E-state index contributed by atoms with van der Waals surface area (Å²) < 4.78 is 45.6. The molecule has 1 rings (SSSR count). The van der Waals surface area contributed by atoms with Gasteiger partial charge in [0.05, 0.1) is 18.9 Å². The van der Waals surface area contributed by atoms with Crippen LogP contribution in [0.2, 0.25) is 5.02 Å². The fraction of sp³-hybridized carbons (Fsp3) is 0.500. The third-order valence-electron chi connectivity index (χ3n) is 2.43. The molecule has 0 bridgehead atoms. The Kier molecular flexibility index (Phi) is 6.38. The zero-order valence-electron chi connectivity index (χ0n) is 13.2. The van der Waals surface area contributed by atoms with Crippen LogP contribution >= 0.6 is 11.6 Å². The number of carbonyl (C=O) groups excluding carboxylic acids is 1. The molecule has 1 N–H and O–H groups in total. The zero-order chi connectivity index (χ0) is 17.8. The van der Waals surface area contributed by atoms with E-state index in [1.807, 2.05) is 0 Å². The van der Waals surface area contributed by atoms with E-state index in [2.05, 4.69) is 5.32 Å². The Morgan fingerprint density at radius 2 is 1.96 bits per heavy atom. The average Bonchev–Trinajstić information content (AvgIpc) is 2.29. The second kappa shape index (κ2) is 7.46. The molecule has 0 radical (unpaired) electrons. The summed E-state index contributed by atoms with van der Waals surface area (Å²) in [5.41, 5.74) is -0.490. The Balaban J connectivity index is 2.99. The number of alkyl carbamates (subject to hydrolysis) is 1. The summed E-state index contributed by atoms with van der Waals surface area (Å²) >= 11 is 5.78. The molecule has 1 amide bonds. The first-order chi connectivity index (χ1) is 10.4. The summed E-state index contributed by atoms with van der Waals surface area (Å²) in [6.45, 7) is 4.60. The van der Waals surface area contributed by atoms with Crippen molar-refractivity contribution in [3.05, 3.63) is 34.6 Å². The Bertz CT molecular complexity index is 652. The predicted molar refractivity (Wildman–Crippen MR) is 84.3 cm³/mol. The van der Waals surface area contributed by atoms with Crippen molar-refractivity contribution in [2.75, 3.05) is 12.9 Å². The Labute approximate surface area is 140 Å². The molecular weight excluding hydrogens is 349 g/mol. The van der Waals surface area contributed by atoms with Crippen molar-refractivity contribution in [2.24, 2.45) is 0 Å². The third-order valence-corrected chi connectivity index (χ3v) is 3.21. The predicted octanol–water partition coefficient (Wildman–Crippen LogP) is 3.02. The van der Waals surface area contributed by atoms with Crippen molar-refractivity contribution in [3.63, 3.8) is 0 Å². The summed E-state index contributed by atoms with van der Waals surface area (Å²) in [7, 11) is -3.74. The van der Waals surface area contributed by atoms with E-state index in [0.717, 1.165) is 18.4 Å². The van der Waals surface area contributed by atoms with Gasteiger partial charge in [0.15, 0.2) is 0 Å². The summed E-state index contributed by atoms with van der Waals surface area (Å²) in [6, 6.07) is 2.66. The average molecular weight is 368 g/mol. The SMILES string of the molecule is CC(C)(C)OC(=O)NC(COS(C)(=O)=O)c1cc(F)cc(Cl)c1. The van der Waals surface area contributed by atoms with E-state index in [4.69, 9.17) is 20.5 Å². The molecule has 0 spiro atoms. The highest BCUT2D eigenvalue weighted by Gasteiger charge is 2.22. The number of nitrogens with one attached hydrogen (secondary N) is 1. The van der Waals surface area contributed by atoms with Crippen LogP contribution in [0.25, 0.3) is 0 Å². The molecule has 1 atom stereocenters. The van der Waals surface area contributed by atoms with Gasteiger partial charge in [-0.2, -0.15) is 8.42 Å². The summed E-state index contributed by atoms with van der Waals surface area (Å²) in [4.78, 5) is 11.9. The number of hydrogen-bond donors (Lipinski definition) is 1. The molecule has 1 unspecified atom stereocenters. The normalized spacial score (nSPS) is 13.5. The fourth-order valence-corrected chi connectivity index (χ4v) is 2.25. The minimum absolute atomic E-state index is 0.107. The minimum atomic E-state index is -3.74. The van der Waals surface area contributed by atoms with Crippen molar-refractivity contribution in [2.45, 2.75) is 32.4 Å². The van der Waals surface area contributed by atoms with Crippen LogP contribution in [0.5, 0.6) is 0 Å². The van der Waals surface area contributed by atoms with Gasteiger partial charge in [-0.1, -0.05) is 11.6 Å². The zero-order valence-corrected chi connectivity index (χ0v) is 14.8. The van der Waals surface area contributed by atoms with Crippen molar-refractivity contribution in [1.29, 1.82) is 0 Å². The van der Waals surface area contributed by atoms with E-state index < -0.39 is 40.3 Å². The van der Waals surface area contributed by atoms with E-state index in [9.17, 15) is 17.6 Å². The smallest absolute Gasteiger partial charge is 0.408 e. The number of halogens is 2. The van der Waals surface area contributed by atoms with Gasteiger partial charge in [0.2, 0.25) is 0 Å². The van der Waals surface area contributed by atoms with Gasteiger partial charge in [0.25, 0.3) is 10.1 Å². The minimum Gasteiger partial charge on any atom is -0.444 e. The van der Waals surface area contributed by atoms with Gasteiger partial charge in [-0.15, -0.1) is 0 Å². The second-order valence-electron chi connectivity index (χ2n) is 5.89. The van der Waals surface area contributed by atoms with Gasteiger partial charge >= 0.3 is 6.09 Å². The van der Waals surface area contributed by atoms with E-state index in [1.54, 1.807) is 20.8 Å². The lowest BCUT2D eigenvalue weighted by Gasteiger charge is -2.23. The maximum atomic E-state index is 13.5. The molecule has 130 valence electrons. The Hall–Kier alpha value is -1.38. The highest BCUT2D eigenvalue weighted by atomic mass is 35.5. The summed E-state index contributed by atoms with van der Waals surface area (Å²) in [5.74, 6) is -0.622. The standard InChI is InChI=1S/C14H19ClFNO5S/c1-14(2,3)22-13(18)17-12(8-21-23(4,19)20)9-5-10(15)7-11(16)6-9/h5-7,12H,8H2,1-4H3,(H,17,18). The number of carbonyl (C=O) groups is 1. The van der Waals surface area contributed by atoms with E-state index >= 15 is 0 Å². The third kappa shape index (κ3) is 8.15. The molecule has 0 aliphatic heterocycles. The van der Waals surface area contributed by atoms with Crippen LogP contribution in [0.4, 0.5) is 9.18 Å². The molecule has 0 aliphatic rings. The molecule has 6 nitrogen and oxygen atoms in total. The molecule has 0 heterocycles. The number of amides is 1. The number of ether oxygens (including phenoxy) is 1. The topological polar surface area (TPSA) is 81.7 Å². The second-order valence-corrected chi connectivity index (χ2v) is 7.97. The number of rotatable bonds is 5. The maximum Gasteiger partial charge on any atom is 0.408 e. The van der Waals surface area contributed by atoms with Crippen LogP contribution in [-0.2, 0) is 19.0 Å². The quantitative estimate of drug-likeness (QED) is 0.809. The van der Waals surface area contributed by atoms with Crippen molar-refractivity contribution < 1.29 is 26.5 Å². The van der Waals surface area contributed by atoms with Crippen molar-refractivity contribution >= 4 is 27.8 Å². The first-order valence-electron chi connectivity index (χ1n) is 6.65. The van der Waals surface area contributed by atoms with Crippen molar-refractivity contribution in [3.8, 4) is 0 Å². The Morgan fingerprint density at radius 3 is 2.43 bits per heavy atom. The van der Waals surface area contributed by atoms with Crippen molar-refractivity contribution in [1.82, 2.24) is 5.32 Å². The largest absolute Gasteiger partial charge is 0.444 e. The monoisotopic (exact) mass is 367 g/mol. The van der Waals surface area contributed by atoms with Crippen LogP contribution < -0.4 is 5.32 Å². The molecule has 0 saturated heterocycles. The van der Waals surface area contributed by atoms with Crippen LogP contribution in [0.15, 0.2) is 18.2 Å². The molecule has 0 saturated carbocycles.